The van der Waals surface area contributed by atoms with Crippen molar-refractivity contribution >= 4 is 32.5 Å². The molecule has 2 aromatic heterocycles. The van der Waals surface area contributed by atoms with E-state index in [2.05, 4.69) is 20.3 Å². The highest BCUT2D eigenvalue weighted by Crippen LogP contribution is 2.31. The van der Waals surface area contributed by atoms with Crippen molar-refractivity contribution < 1.29 is 8.42 Å². The zero-order valence-electron chi connectivity index (χ0n) is 16.3. The molecule has 0 bridgehead atoms. The molecule has 0 unspecified atom stereocenters. The molecular weight excluding hydrogens is 396 g/mol. The first-order valence-corrected chi connectivity index (χ1v) is 11.9. The second kappa shape index (κ2) is 8.02. The molecule has 1 N–H and O–H groups in total. The van der Waals surface area contributed by atoms with Crippen LogP contribution in [0, 0.1) is 13.8 Å². The van der Waals surface area contributed by atoms with E-state index in [0.717, 1.165) is 41.4 Å². The second-order valence-corrected chi connectivity index (χ2v) is 10.6. The predicted molar refractivity (Wildman–Crippen MR) is 110 cm³/mol. The first kappa shape index (κ1) is 19.7. The van der Waals surface area contributed by atoms with Crippen molar-refractivity contribution in [2.45, 2.75) is 45.4 Å². The molecule has 2 saturated heterocycles. The van der Waals surface area contributed by atoms with Gasteiger partial charge in [0, 0.05) is 49.2 Å². The van der Waals surface area contributed by atoms with E-state index in [1.54, 1.807) is 19.9 Å². The molecule has 2 fully saturated rings. The molecule has 0 saturated carbocycles. The predicted octanol–water partition coefficient (Wildman–Crippen LogP) is 2.81. The molecular formula is C18H26N6O2S2. The number of nitrogens with zero attached hydrogens (tertiary/aromatic N) is 5. The minimum atomic E-state index is -3.37. The molecule has 4 rings (SSSR count). The van der Waals surface area contributed by atoms with E-state index in [0.29, 0.717) is 37.8 Å². The topological polar surface area (TPSA) is 91.3 Å². The van der Waals surface area contributed by atoms with Crippen LogP contribution in [0.4, 0.5) is 10.9 Å². The Morgan fingerprint density at radius 1 is 1.11 bits per heavy atom. The van der Waals surface area contributed by atoms with Gasteiger partial charge in [-0.1, -0.05) is 6.42 Å². The van der Waals surface area contributed by atoms with Gasteiger partial charge in [-0.05, 0) is 33.1 Å². The maximum atomic E-state index is 12.9. The zero-order chi connectivity index (χ0) is 19.7. The highest BCUT2D eigenvalue weighted by molar-refractivity contribution is 7.86. The summed E-state index contributed by atoms with van der Waals surface area (Å²) in [7, 11) is -3.37. The molecule has 2 aliphatic rings. The normalized spacial score (nSPS) is 21.9. The lowest BCUT2D eigenvalue weighted by molar-refractivity contribution is 0.315. The second-order valence-electron chi connectivity index (χ2n) is 7.44. The van der Waals surface area contributed by atoms with E-state index in [1.807, 2.05) is 26.1 Å². The van der Waals surface area contributed by atoms with Crippen LogP contribution < -0.4 is 5.32 Å². The lowest BCUT2D eigenvalue weighted by atomic mass is 10.0. The highest BCUT2D eigenvalue weighted by Gasteiger charge is 2.37. The van der Waals surface area contributed by atoms with Crippen molar-refractivity contribution in [3.63, 3.8) is 0 Å². The molecule has 2 aliphatic heterocycles. The van der Waals surface area contributed by atoms with Crippen LogP contribution >= 0.6 is 11.3 Å². The number of nitrogens with one attached hydrogen (secondary N) is 1. The summed E-state index contributed by atoms with van der Waals surface area (Å²) in [6.07, 6.45) is 5.62. The van der Waals surface area contributed by atoms with Gasteiger partial charge in [-0.2, -0.15) is 17.0 Å². The number of hydrogen-bond donors (Lipinski definition) is 1. The van der Waals surface area contributed by atoms with Gasteiger partial charge in [-0.15, -0.1) is 11.3 Å². The van der Waals surface area contributed by atoms with Gasteiger partial charge in [0.15, 0.2) is 5.13 Å². The Kier molecular flexibility index (Phi) is 5.64. The molecule has 0 aromatic carbocycles. The van der Waals surface area contributed by atoms with Crippen LogP contribution in [0.15, 0.2) is 12.3 Å². The SMILES string of the molecule is Cc1nc(Nc2ncc(C)s2)cc([C@@H]2CCN(S(=O)(=O)N3CCCCC3)C2)n1. The molecule has 2 aromatic rings. The number of hydrogen-bond acceptors (Lipinski definition) is 7. The van der Waals surface area contributed by atoms with Crippen LogP contribution in [0.1, 0.15) is 48.0 Å². The molecule has 10 heteroatoms. The Bertz CT molecular complexity index is 939. The van der Waals surface area contributed by atoms with Gasteiger partial charge in [-0.3, -0.25) is 0 Å². The maximum absolute atomic E-state index is 12.9. The van der Waals surface area contributed by atoms with Crippen molar-refractivity contribution in [3.8, 4) is 0 Å². The number of piperidine rings is 1. The van der Waals surface area contributed by atoms with Gasteiger partial charge in [0.25, 0.3) is 10.2 Å². The molecule has 1 atom stereocenters. The standard InChI is InChI=1S/C18H26N6O2S2/c1-13-11-19-18(27-13)22-17-10-16(20-14(2)21-17)15-6-9-24(12-15)28(25,26)23-7-4-3-5-8-23/h10-11,15H,3-9,12H2,1-2H3,(H,19,20,21,22)/t15-/m1/s1. The third-order valence-corrected chi connectivity index (χ3v) is 8.08. The van der Waals surface area contributed by atoms with Crippen LogP contribution in [0.2, 0.25) is 0 Å². The number of thiazole rings is 1. The Morgan fingerprint density at radius 2 is 1.89 bits per heavy atom. The van der Waals surface area contributed by atoms with E-state index < -0.39 is 10.2 Å². The van der Waals surface area contributed by atoms with Gasteiger partial charge in [0.2, 0.25) is 0 Å². The molecule has 152 valence electrons. The molecule has 0 aliphatic carbocycles. The van der Waals surface area contributed by atoms with Crippen molar-refractivity contribution in [2.24, 2.45) is 0 Å². The van der Waals surface area contributed by atoms with Crippen LogP contribution in [-0.2, 0) is 10.2 Å². The summed E-state index contributed by atoms with van der Waals surface area (Å²) in [5.74, 6) is 1.46. The number of anilines is 2. The number of rotatable bonds is 5. The largest absolute Gasteiger partial charge is 0.316 e. The number of aryl methyl sites for hydroxylation is 2. The van der Waals surface area contributed by atoms with Crippen LogP contribution in [0.3, 0.4) is 0 Å². The third kappa shape index (κ3) is 4.19. The van der Waals surface area contributed by atoms with Gasteiger partial charge in [-0.25, -0.2) is 15.0 Å². The summed E-state index contributed by atoms with van der Waals surface area (Å²) >= 11 is 1.57. The van der Waals surface area contributed by atoms with Gasteiger partial charge >= 0.3 is 0 Å². The van der Waals surface area contributed by atoms with E-state index in [-0.39, 0.29) is 5.92 Å². The molecule has 8 nitrogen and oxygen atoms in total. The maximum Gasteiger partial charge on any atom is 0.281 e. The first-order chi connectivity index (χ1) is 13.4. The van der Waals surface area contributed by atoms with Gasteiger partial charge < -0.3 is 5.32 Å². The third-order valence-electron chi connectivity index (χ3n) is 5.25. The fourth-order valence-electron chi connectivity index (χ4n) is 3.82. The lowest BCUT2D eigenvalue weighted by Gasteiger charge is -2.30. The van der Waals surface area contributed by atoms with Gasteiger partial charge in [0.05, 0.1) is 5.69 Å². The van der Waals surface area contributed by atoms with Crippen LogP contribution in [0.5, 0.6) is 0 Å². The average Bonchev–Trinajstić information content (AvgIpc) is 3.32. The highest BCUT2D eigenvalue weighted by atomic mass is 32.2. The average molecular weight is 423 g/mol. The van der Waals surface area contributed by atoms with Gasteiger partial charge in [0.1, 0.15) is 11.6 Å². The smallest absolute Gasteiger partial charge is 0.281 e. The lowest BCUT2D eigenvalue weighted by Crippen LogP contribution is -2.45. The van der Waals surface area contributed by atoms with Crippen LogP contribution in [0.25, 0.3) is 0 Å². The zero-order valence-corrected chi connectivity index (χ0v) is 17.9. The van der Waals surface area contributed by atoms with Crippen molar-refractivity contribution in [1.82, 2.24) is 23.6 Å². The monoisotopic (exact) mass is 422 g/mol. The van der Waals surface area contributed by atoms with E-state index in [9.17, 15) is 8.42 Å². The quantitative estimate of drug-likeness (QED) is 0.797. The summed E-state index contributed by atoms with van der Waals surface area (Å²) in [4.78, 5) is 14.5. The summed E-state index contributed by atoms with van der Waals surface area (Å²) in [6, 6.07) is 1.92. The molecule has 28 heavy (non-hydrogen) atoms. The summed E-state index contributed by atoms with van der Waals surface area (Å²) in [6.45, 7) is 6.16. The molecule has 0 spiro atoms. The minimum absolute atomic E-state index is 0.0832. The number of aromatic nitrogens is 3. The molecule has 0 amide bonds. The Labute approximate surface area is 170 Å². The summed E-state index contributed by atoms with van der Waals surface area (Å²) in [5.41, 5.74) is 0.889. The summed E-state index contributed by atoms with van der Waals surface area (Å²) < 4.78 is 29.1. The fourth-order valence-corrected chi connectivity index (χ4v) is 6.25. The van der Waals surface area contributed by atoms with Crippen molar-refractivity contribution in [1.29, 1.82) is 0 Å². The van der Waals surface area contributed by atoms with E-state index in [1.165, 1.54) is 0 Å². The van der Waals surface area contributed by atoms with E-state index >= 15 is 0 Å². The minimum Gasteiger partial charge on any atom is -0.316 e. The van der Waals surface area contributed by atoms with E-state index in [4.69, 9.17) is 0 Å². The molecule has 0 radical (unpaired) electrons. The van der Waals surface area contributed by atoms with Crippen molar-refractivity contribution in [3.05, 3.63) is 28.7 Å². The Hall–Kier alpha value is -1.62. The molecule has 4 heterocycles. The fraction of sp³-hybridized carbons (Fsp3) is 0.611. The Balaban J connectivity index is 1.49. The summed E-state index contributed by atoms with van der Waals surface area (Å²) in [5, 5.41) is 4.03. The van der Waals surface area contributed by atoms with Crippen LogP contribution in [-0.4, -0.2) is 58.2 Å². The Morgan fingerprint density at radius 3 is 2.61 bits per heavy atom. The van der Waals surface area contributed by atoms with Crippen molar-refractivity contribution in [2.75, 3.05) is 31.5 Å². The first-order valence-electron chi connectivity index (χ1n) is 9.72.